The molecule has 0 amide bonds. The molecule has 0 atom stereocenters. The second kappa shape index (κ2) is 6.85. The first-order valence-corrected chi connectivity index (χ1v) is 8.10. The van der Waals surface area contributed by atoms with E-state index in [2.05, 4.69) is 54.5 Å². The van der Waals surface area contributed by atoms with Crippen LogP contribution in [-0.4, -0.2) is 12.4 Å². The van der Waals surface area contributed by atoms with Gasteiger partial charge in [0.05, 0.1) is 8.95 Å². The van der Waals surface area contributed by atoms with Crippen LogP contribution in [-0.2, 0) is 0 Å². The van der Waals surface area contributed by atoms with E-state index in [0.717, 1.165) is 12.5 Å². The second-order valence-electron chi connectivity index (χ2n) is 3.77. The van der Waals surface area contributed by atoms with Gasteiger partial charge < -0.3 is 4.74 Å². The number of Topliss-reactive ketones (excluding diaryl/α,β-unsaturated/α-hetero) is 1. The van der Waals surface area contributed by atoms with Gasteiger partial charge in [0.25, 0.3) is 0 Å². The highest BCUT2D eigenvalue weighted by atomic mass is 127. The van der Waals surface area contributed by atoms with E-state index in [-0.39, 0.29) is 12.4 Å². The van der Waals surface area contributed by atoms with E-state index in [0.29, 0.717) is 11.3 Å². The lowest BCUT2D eigenvalue weighted by molar-refractivity contribution is 0.0920. The lowest BCUT2D eigenvalue weighted by Gasteiger charge is -2.09. The van der Waals surface area contributed by atoms with Crippen molar-refractivity contribution >= 4 is 60.2 Å². The van der Waals surface area contributed by atoms with Crippen molar-refractivity contribution < 1.29 is 9.53 Å². The molecule has 2 aromatic rings. The van der Waals surface area contributed by atoms with Crippen LogP contribution >= 0.6 is 54.5 Å². The molecule has 0 fully saturated rings. The Bertz CT molecular complexity index is 577. The molecule has 0 bridgehead atoms. The summed E-state index contributed by atoms with van der Waals surface area (Å²) in [4.78, 5) is 12.0. The number of halogens is 3. The zero-order chi connectivity index (χ0) is 13.8. The third kappa shape index (κ3) is 4.03. The Morgan fingerprint density at radius 2 is 1.63 bits per heavy atom. The first-order valence-electron chi connectivity index (χ1n) is 5.43. The van der Waals surface area contributed by atoms with Gasteiger partial charge in [-0.3, -0.25) is 4.79 Å². The molecule has 2 aromatic carbocycles. The molecule has 0 radical (unpaired) electrons. The molecule has 0 aromatic heterocycles. The first-order chi connectivity index (χ1) is 9.08. The SMILES string of the molecule is O=C(COc1c(Br)cccc1Br)c1ccc(I)cc1. The summed E-state index contributed by atoms with van der Waals surface area (Å²) in [6, 6.07) is 13.1. The zero-order valence-corrected chi connectivity index (χ0v) is 15.0. The van der Waals surface area contributed by atoms with Crippen LogP contribution < -0.4 is 4.74 Å². The van der Waals surface area contributed by atoms with Crippen LogP contribution in [0.1, 0.15) is 10.4 Å². The molecule has 19 heavy (non-hydrogen) atoms. The predicted octanol–water partition coefficient (Wildman–Crippen LogP) is 5.08. The summed E-state index contributed by atoms with van der Waals surface area (Å²) in [7, 11) is 0. The summed E-state index contributed by atoms with van der Waals surface area (Å²) < 4.78 is 8.30. The highest BCUT2D eigenvalue weighted by Gasteiger charge is 2.10. The van der Waals surface area contributed by atoms with E-state index >= 15 is 0 Å². The van der Waals surface area contributed by atoms with Crippen molar-refractivity contribution in [2.24, 2.45) is 0 Å². The minimum atomic E-state index is -0.0425. The van der Waals surface area contributed by atoms with Gasteiger partial charge in [0.2, 0.25) is 0 Å². The molecular formula is C14H9Br2IO2. The fourth-order valence-corrected chi connectivity index (χ4v) is 3.06. The molecule has 0 heterocycles. The van der Waals surface area contributed by atoms with E-state index in [1.807, 2.05) is 42.5 Å². The summed E-state index contributed by atoms with van der Waals surface area (Å²) in [5.74, 6) is 0.598. The molecule has 0 N–H and O–H groups in total. The lowest BCUT2D eigenvalue weighted by Crippen LogP contribution is -2.12. The maximum Gasteiger partial charge on any atom is 0.200 e. The van der Waals surface area contributed by atoms with Crippen LogP contribution in [0.25, 0.3) is 0 Å². The third-order valence-electron chi connectivity index (χ3n) is 2.43. The molecule has 0 aliphatic carbocycles. The summed E-state index contributed by atoms with van der Waals surface area (Å²) >= 11 is 9.00. The van der Waals surface area contributed by atoms with Crippen LogP contribution in [0.5, 0.6) is 5.75 Å². The summed E-state index contributed by atoms with van der Waals surface area (Å²) in [6.07, 6.45) is 0. The predicted molar refractivity (Wildman–Crippen MR) is 90.8 cm³/mol. The molecule has 2 nitrogen and oxygen atoms in total. The van der Waals surface area contributed by atoms with Gasteiger partial charge in [-0.15, -0.1) is 0 Å². The number of benzene rings is 2. The van der Waals surface area contributed by atoms with E-state index in [4.69, 9.17) is 4.74 Å². The maximum absolute atomic E-state index is 12.0. The average molecular weight is 496 g/mol. The molecule has 0 aliphatic heterocycles. The Morgan fingerprint density at radius 1 is 1.05 bits per heavy atom. The molecule has 2 rings (SSSR count). The number of carbonyl (C=O) groups is 1. The van der Waals surface area contributed by atoms with Gasteiger partial charge in [-0.25, -0.2) is 0 Å². The van der Waals surface area contributed by atoms with Gasteiger partial charge in [-0.1, -0.05) is 18.2 Å². The number of hydrogen-bond donors (Lipinski definition) is 0. The van der Waals surface area contributed by atoms with Gasteiger partial charge in [0.15, 0.2) is 12.4 Å². The number of ether oxygens (including phenoxy) is 1. The molecule has 0 saturated heterocycles. The lowest BCUT2D eigenvalue weighted by atomic mass is 10.1. The highest BCUT2D eigenvalue weighted by molar-refractivity contribution is 14.1. The fourth-order valence-electron chi connectivity index (χ4n) is 1.48. The third-order valence-corrected chi connectivity index (χ3v) is 4.40. The number of rotatable bonds is 4. The molecule has 0 unspecified atom stereocenters. The molecule has 0 aliphatic rings. The maximum atomic E-state index is 12.0. The minimum absolute atomic E-state index is 0.0157. The van der Waals surface area contributed by atoms with Crippen molar-refractivity contribution in [2.45, 2.75) is 0 Å². The second-order valence-corrected chi connectivity index (χ2v) is 6.72. The molecule has 0 saturated carbocycles. The number of ketones is 1. The van der Waals surface area contributed by atoms with E-state index in [1.165, 1.54) is 0 Å². The van der Waals surface area contributed by atoms with Crippen molar-refractivity contribution in [3.8, 4) is 5.75 Å². The van der Waals surface area contributed by atoms with Crippen molar-refractivity contribution in [3.63, 3.8) is 0 Å². The van der Waals surface area contributed by atoms with Gasteiger partial charge >= 0.3 is 0 Å². The van der Waals surface area contributed by atoms with Crippen LogP contribution in [0, 0.1) is 3.57 Å². The monoisotopic (exact) mass is 494 g/mol. The summed E-state index contributed by atoms with van der Waals surface area (Å²) in [6.45, 7) is 0.0157. The van der Waals surface area contributed by atoms with Gasteiger partial charge in [-0.2, -0.15) is 0 Å². The van der Waals surface area contributed by atoms with Crippen molar-refractivity contribution in [3.05, 3.63) is 60.5 Å². The van der Waals surface area contributed by atoms with Crippen LogP contribution in [0.3, 0.4) is 0 Å². The molecular weight excluding hydrogens is 487 g/mol. The van der Waals surface area contributed by atoms with Crippen LogP contribution in [0.4, 0.5) is 0 Å². The Labute approximate surface area is 141 Å². The van der Waals surface area contributed by atoms with Gasteiger partial charge in [0, 0.05) is 9.13 Å². The summed E-state index contributed by atoms with van der Waals surface area (Å²) in [5.41, 5.74) is 0.656. The Kier molecular flexibility index (Phi) is 5.41. The topological polar surface area (TPSA) is 26.3 Å². The quantitative estimate of drug-likeness (QED) is 0.437. The average Bonchev–Trinajstić information content (AvgIpc) is 2.38. The molecule has 5 heteroatoms. The van der Waals surface area contributed by atoms with Crippen LogP contribution in [0.2, 0.25) is 0 Å². The van der Waals surface area contributed by atoms with E-state index in [1.54, 1.807) is 0 Å². The Hall–Kier alpha value is -0.400. The summed E-state index contributed by atoms with van der Waals surface area (Å²) in [5, 5.41) is 0. The Balaban J connectivity index is 2.06. The van der Waals surface area contributed by atoms with Crippen molar-refractivity contribution in [1.82, 2.24) is 0 Å². The first kappa shape index (κ1) is 15.0. The van der Waals surface area contributed by atoms with E-state index < -0.39 is 0 Å². The number of para-hydroxylation sites is 1. The Morgan fingerprint density at radius 3 is 2.21 bits per heavy atom. The minimum Gasteiger partial charge on any atom is -0.483 e. The standard InChI is InChI=1S/C14H9Br2IO2/c15-11-2-1-3-12(16)14(11)19-8-13(18)9-4-6-10(17)7-5-9/h1-7H,8H2. The fraction of sp³-hybridized carbons (Fsp3) is 0.0714. The van der Waals surface area contributed by atoms with Gasteiger partial charge in [-0.05, 0) is 78.7 Å². The molecule has 98 valence electrons. The molecule has 0 spiro atoms. The van der Waals surface area contributed by atoms with Gasteiger partial charge in [0.1, 0.15) is 5.75 Å². The van der Waals surface area contributed by atoms with Crippen molar-refractivity contribution in [2.75, 3.05) is 6.61 Å². The smallest absolute Gasteiger partial charge is 0.200 e. The van der Waals surface area contributed by atoms with Crippen LogP contribution in [0.15, 0.2) is 51.4 Å². The normalized spacial score (nSPS) is 10.3. The zero-order valence-electron chi connectivity index (χ0n) is 9.70. The van der Waals surface area contributed by atoms with E-state index in [9.17, 15) is 4.79 Å². The number of hydrogen-bond acceptors (Lipinski definition) is 2. The van der Waals surface area contributed by atoms with Crippen molar-refractivity contribution in [1.29, 1.82) is 0 Å². The highest BCUT2D eigenvalue weighted by Crippen LogP contribution is 2.32. The largest absolute Gasteiger partial charge is 0.483 e. The number of carbonyl (C=O) groups excluding carboxylic acids is 1.